The third-order valence-corrected chi connectivity index (χ3v) is 4.07. The maximum absolute atomic E-state index is 3.48. The molecule has 19 heavy (non-hydrogen) atoms. The molecule has 0 aliphatic carbocycles. The topological polar surface area (TPSA) is 18.5 Å². The first kappa shape index (κ1) is 14.5. The van der Waals surface area contributed by atoms with Gasteiger partial charge in [0.05, 0.1) is 0 Å². The first-order valence-electron chi connectivity index (χ1n) is 7.30. The predicted molar refractivity (Wildman–Crippen MR) is 81.7 cm³/mol. The molecule has 1 heterocycles. The van der Waals surface area contributed by atoms with Crippen LogP contribution in [0.1, 0.15) is 11.1 Å². The van der Waals surface area contributed by atoms with Gasteiger partial charge in [-0.05, 0) is 33.0 Å². The fourth-order valence-corrected chi connectivity index (χ4v) is 2.59. The number of benzene rings is 1. The van der Waals surface area contributed by atoms with Crippen LogP contribution in [0.2, 0.25) is 0 Å². The predicted octanol–water partition coefficient (Wildman–Crippen LogP) is 1.37. The molecule has 2 rings (SSSR count). The Bertz CT molecular complexity index is 374. The second-order valence-corrected chi connectivity index (χ2v) is 5.84. The Morgan fingerprint density at radius 1 is 1.32 bits per heavy atom. The number of nitrogens with zero attached hydrogens (tertiary/aromatic N) is 2. The minimum atomic E-state index is 0.650. The number of nitrogens with one attached hydrogen (secondary N) is 1. The van der Waals surface area contributed by atoms with Crippen LogP contribution in [0.25, 0.3) is 0 Å². The normalized spacial score (nSPS) is 20.9. The number of hydrogen-bond donors (Lipinski definition) is 1. The van der Waals surface area contributed by atoms with Crippen LogP contribution in [0, 0.1) is 6.92 Å². The molecule has 1 aromatic rings. The summed E-state index contributed by atoms with van der Waals surface area (Å²) in [7, 11) is 4.47. The van der Waals surface area contributed by atoms with Crippen molar-refractivity contribution in [1.82, 2.24) is 15.1 Å². The quantitative estimate of drug-likeness (QED) is 0.864. The van der Waals surface area contributed by atoms with Gasteiger partial charge in [0.15, 0.2) is 0 Å². The molecular weight excluding hydrogens is 234 g/mol. The summed E-state index contributed by atoms with van der Waals surface area (Å²) in [6.07, 6.45) is 1.14. The van der Waals surface area contributed by atoms with E-state index in [1.807, 2.05) is 0 Å². The molecule has 0 amide bonds. The molecule has 1 atom stereocenters. The number of rotatable bonds is 5. The van der Waals surface area contributed by atoms with Crippen molar-refractivity contribution in [1.29, 1.82) is 0 Å². The molecule has 1 N–H and O–H groups in total. The summed E-state index contributed by atoms with van der Waals surface area (Å²) < 4.78 is 0. The van der Waals surface area contributed by atoms with Crippen molar-refractivity contribution in [2.45, 2.75) is 19.4 Å². The Labute approximate surface area is 117 Å². The highest BCUT2D eigenvalue weighted by Gasteiger charge is 2.19. The van der Waals surface area contributed by atoms with Crippen LogP contribution >= 0.6 is 0 Å². The van der Waals surface area contributed by atoms with Crippen LogP contribution in [-0.2, 0) is 6.42 Å². The monoisotopic (exact) mass is 261 g/mol. The van der Waals surface area contributed by atoms with Crippen molar-refractivity contribution < 1.29 is 0 Å². The van der Waals surface area contributed by atoms with Gasteiger partial charge in [-0.3, -0.25) is 4.90 Å². The minimum Gasteiger partial charge on any atom is -0.314 e. The van der Waals surface area contributed by atoms with Crippen LogP contribution in [0.5, 0.6) is 0 Å². The van der Waals surface area contributed by atoms with Crippen molar-refractivity contribution in [3.05, 3.63) is 35.4 Å². The summed E-state index contributed by atoms with van der Waals surface area (Å²) in [5.74, 6) is 0. The summed E-state index contributed by atoms with van der Waals surface area (Å²) >= 11 is 0. The highest BCUT2D eigenvalue weighted by molar-refractivity contribution is 5.21. The minimum absolute atomic E-state index is 0.650. The van der Waals surface area contributed by atoms with Gasteiger partial charge >= 0.3 is 0 Å². The molecule has 1 aliphatic heterocycles. The SMILES string of the molecule is Cc1ccc(CCN(C)CC2CNCCN2C)cc1. The largest absolute Gasteiger partial charge is 0.314 e. The lowest BCUT2D eigenvalue weighted by atomic mass is 10.1. The maximum Gasteiger partial charge on any atom is 0.0345 e. The number of piperazine rings is 1. The lowest BCUT2D eigenvalue weighted by molar-refractivity contribution is 0.153. The first-order valence-corrected chi connectivity index (χ1v) is 7.30. The van der Waals surface area contributed by atoms with E-state index in [1.165, 1.54) is 11.1 Å². The Kier molecular flexibility index (Phi) is 5.37. The first-order chi connectivity index (χ1) is 9.15. The molecule has 0 aromatic heterocycles. The third-order valence-electron chi connectivity index (χ3n) is 4.07. The summed E-state index contributed by atoms with van der Waals surface area (Å²) in [5.41, 5.74) is 2.78. The van der Waals surface area contributed by atoms with Gasteiger partial charge in [0.2, 0.25) is 0 Å². The lowest BCUT2D eigenvalue weighted by Gasteiger charge is -2.35. The average Bonchev–Trinajstić information content (AvgIpc) is 2.41. The summed E-state index contributed by atoms with van der Waals surface area (Å²) in [6, 6.07) is 9.55. The molecule has 0 saturated carbocycles. The van der Waals surface area contributed by atoms with Crippen LogP contribution in [0.15, 0.2) is 24.3 Å². The zero-order chi connectivity index (χ0) is 13.7. The van der Waals surface area contributed by atoms with Gasteiger partial charge in [-0.15, -0.1) is 0 Å². The zero-order valence-corrected chi connectivity index (χ0v) is 12.5. The third kappa shape index (κ3) is 4.60. The van der Waals surface area contributed by atoms with E-state index in [4.69, 9.17) is 0 Å². The highest BCUT2D eigenvalue weighted by Crippen LogP contribution is 2.06. The number of aryl methyl sites for hydroxylation is 1. The van der Waals surface area contributed by atoms with E-state index >= 15 is 0 Å². The van der Waals surface area contributed by atoms with Crippen LogP contribution in [-0.4, -0.2) is 62.7 Å². The highest BCUT2D eigenvalue weighted by atomic mass is 15.2. The van der Waals surface area contributed by atoms with Crippen molar-refractivity contribution in [3.8, 4) is 0 Å². The fraction of sp³-hybridized carbons (Fsp3) is 0.625. The fourth-order valence-electron chi connectivity index (χ4n) is 2.59. The molecule has 0 spiro atoms. The smallest absolute Gasteiger partial charge is 0.0345 e. The summed E-state index contributed by atoms with van der Waals surface area (Å²) in [4.78, 5) is 4.92. The molecule has 3 nitrogen and oxygen atoms in total. The van der Waals surface area contributed by atoms with Crippen LogP contribution in [0.3, 0.4) is 0 Å². The molecule has 3 heteroatoms. The Balaban J connectivity index is 1.74. The summed E-state index contributed by atoms with van der Waals surface area (Å²) in [6.45, 7) is 7.83. The Hall–Kier alpha value is -0.900. The van der Waals surface area contributed by atoms with Gasteiger partial charge in [-0.25, -0.2) is 0 Å². The van der Waals surface area contributed by atoms with Gasteiger partial charge in [0, 0.05) is 38.8 Å². The van der Waals surface area contributed by atoms with Crippen molar-refractivity contribution in [2.75, 3.05) is 46.8 Å². The van der Waals surface area contributed by atoms with Gasteiger partial charge in [-0.2, -0.15) is 0 Å². The van der Waals surface area contributed by atoms with Crippen LogP contribution in [0.4, 0.5) is 0 Å². The molecular formula is C16H27N3. The molecule has 106 valence electrons. The maximum atomic E-state index is 3.48. The van der Waals surface area contributed by atoms with Crippen molar-refractivity contribution in [2.24, 2.45) is 0 Å². The van der Waals surface area contributed by atoms with Gasteiger partial charge in [0.25, 0.3) is 0 Å². The molecule has 1 aliphatic rings. The van der Waals surface area contributed by atoms with E-state index in [2.05, 4.69) is 60.4 Å². The summed E-state index contributed by atoms with van der Waals surface area (Å²) in [5, 5.41) is 3.48. The second-order valence-electron chi connectivity index (χ2n) is 5.84. The van der Waals surface area contributed by atoms with E-state index in [-0.39, 0.29) is 0 Å². The lowest BCUT2D eigenvalue weighted by Crippen LogP contribution is -2.53. The van der Waals surface area contributed by atoms with Crippen molar-refractivity contribution in [3.63, 3.8) is 0 Å². The standard InChI is InChI=1S/C16H27N3/c1-14-4-6-15(7-5-14)8-10-18(2)13-16-12-17-9-11-19(16)3/h4-7,16-17H,8-13H2,1-3H3. The molecule has 1 fully saturated rings. The number of hydrogen-bond acceptors (Lipinski definition) is 3. The average molecular weight is 261 g/mol. The molecule has 1 saturated heterocycles. The van der Waals surface area contributed by atoms with Crippen LogP contribution < -0.4 is 5.32 Å². The number of likely N-dealkylation sites (N-methyl/N-ethyl adjacent to an activating group) is 2. The van der Waals surface area contributed by atoms with E-state index in [9.17, 15) is 0 Å². The molecule has 1 unspecified atom stereocenters. The van der Waals surface area contributed by atoms with E-state index < -0.39 is 0 Å². The Morgan fingerprint density at radius 3 is 2.74 bits per heavy atom. The molecule has 0 radical (unpaired) electrons. The van der Waals surface area contributed by atoms with Gasteiger partial charge < -0.3 is 10.2 Å². The zero-order valence-electron chi connectivity index (χ0n) is 12.5. The Morgan fingerprint density at radius 2 is 2.05 bits per heavy atom. The van der Waals surface area contributed by atoms with E-state index in [0.29, 0.717) is 6.04 Å². The van der Waals surface area contributed by atoms with E-state index in [1.54, 1.807) is 0 Å². The molecule has 0 bridgehead atoms. The van der Waals surface area contributed by atoms with E-state index in [0.717, 1.165) is 39.1 Å². The molecule has 1 aromatic carbocycles. The van der Waals surface area contributed by atoms with Gasteiger partial charge in [0.1, 0.15) is 0 Å². The van der Waals surface area contributed by atoms with Gasteiger partial charge in [-0.1, -0.05) is 29.8 Å². The second kappa shape index (κ2) is 7.04. The van der Waals surface area contributed by atoms with Crippen molar-refractivity contribution >= 4 is 0 Å².